The number of halogens is 1. The van der Waals surface area contributed by atoms with Gasteiger partial charge in [0.1, 0.15) is 5.60 Å². The second-order valence-electron chi connectivity index (χ2n) is 8.89. The van der Waals surface area contributed by atoms with E-state index in [2.05, 4.69) is 47.2 Å². The fourth-order valence-electron chi connectivity index (χ4n) is 3.37. The molecule has 0 radical (unpaired) electrons. The molecule has 1 N–H and O–H groups in total. The predicted octanol–water partition coefficient (Wildman–Crippen LogP) is 6.95. The summed E-state index contributed by atoms with van der Waals surface area (Å²) in [4.78, 5) is 27.2. The van der Waals surface area contributed by atoms with Crippen molar-refractivity contribution in [1.29, 1.82) is 0 Å². The maximum atomic E-state index is 12.3. The van der Waals surface area contributed by atoms with E-state index in [0.29, 0.717) is 18.7 Å². The number of aryl methyl sites for hydroxylation is 2. The molecule has 0 saturated heterocycles. The summed E-state index contributed by atoms with van der Waals surface area (Å²) >= 11 is 5.08. The molecular weight excluding hydrogens is 504 g/mol. The van der Waals surface area contributed by atoms with Crippen molar-refractivity contribution in [3.63, 3.8) is 0 Å². The van der Waals surface area contributed by atoms with Crippen LogP contribution in [0.5, 0.6) is 0 Å². The highest BCUT2D eigenvalue weighted by atomic mass is 79.9. The Morgan fingerprint density at radius 3 is 2.33 bits per heavy atom. The normalized spacial score (nSPS) is 11.2. The first kappa shape index (κ1) is 27.1. The van der Waals surface area contributed by atoms with E-state index in [1.807, 2.05) is 45.2 Å². The van der Waals surface area contributed by atoms with Crippen LogP contribution in [-0.2, 0) is 22.4 Å². The molecule has 0 aliphatic carbocycles. The zero-order valence-electron chi connectivity index (χ0n) is 20.4. The molecule has 2 aromatic rings. The molecule has 6 nitrogen and oxygen atoms in total. The number of rotatable bonds is 7. The van der Waals surface area contributed by atoms with Crippen LogP contribution in [0.3, 0.4) is 0 Å². The lowest BCUT2D eigenvalue weighted by Gasteiger charge is -2.25. The van der Waals surface area contributed by atoms with Crippen molar-refractivity contribution >= 4 is 45.6 Å². The Bertz CT molecular complexity index is 981. The van der Waals surface area contributed by atoms with Crippen LogP contribution < -0.4 is 5.32 Å². The molecule has 0 bridgehead atoms. The van der Waals surface area contributed by atoms with E-state index in [4.69, 9.17) is 9.47 Å². The summed E-state index contributed by atoms with van der Waals surface area (Å²) in [6.07, 6.45) is 1.71. The van der Waals surface area contributed by atoms with Gasteiger partial charge in [0.05, 0.1) is 6.61 Å². The van der Waals surface area contributed by atoms with Gasteiger partial charge in [-0.25, -0.2) is 9.59 Å². The third kappa shape index (κ3) is 8.59. The fraction of sp³-hybridized carbons (Fsp3) is 0.440. The molecular formula is C25H33BrN2O4S. The first-order valence-electron chi connectivity index (χ1n) is 10.7. The fourth-order valence-corrected chi connectivity index (χ4v) is 4.65. The number of carbonyl (C=O) groups is 2. The van der Waals surface area contributed by atoms with Crippen molar-refractivity contribution in [2.45, 2.75) is 58.1 Å². The third-order valence-electron chi connectivity index (χ3n) is 4.89. The van der Waals surface area contributed by atoms with Gasteiger partial charge >= 0.3 is 12.2 Å². The molecule has 0 unspecified atom stereocenters. The average Bonchev–Trinajstić information content (AvgIpc) is 2.68. The predicted molar refractivity (Wildman–Crippen MR) is 138 cm³/mol. The highest BCUT2D eigenvalue weighted by Crippen LogP contribution is 2.26. The van der Waals surface area contributed by atoms with E-state index in [1.54, 1.807) is 18.8 Å². The lowest BCUT2D eigenvalue weighted by Crippen LogP contribution is -2.33. The van der Waals surface area contributed by atoms with E-state index in [-0.39, 0.29) is 6.61 Å². The summed E-state index contributed by atoms with van der Waals surface area (Å²) in [5, 5.41) is 2.79. The van der Waals surface area contributed by atoms with E-state index in [1.165, 1.54) is 10.5 Å². The molecule has 0 heterocycles. The average molecular weight is 538 g/mol. The van der Waals surface area contributed by atoms with E-state index < -0.39 is 17.8 Å². The van der Waals surface area contributed by atoms with Crippen molar-refractivity contribution in [3.05, 3.63) is 57.1 Å². The van der Waals surface area contributed by atoms with Gasteiger partial charge in [-0.05, 0) is 93.5 Å². The molecule has 0 atom stereocenters. The number of hydrogen-bond donors (Lipinski definition) is 1. The second-order valence-corrected chi connectivity index (χ2v) is 10.7. The Morgan fingerprint density at radius 1 is 1.12 bits per heavy atom. The summed E-state index contributed by atoms with van der Waals surface area (Å²) in [7, 11) is 1.69. The van der Waals surface area contributed by atoms with Gasteiger partial charge in [-0.2, -0.15) is 0 Å². The highest BCUT2D eigenvalue weighted by Gasteiger charge is 2.20. The van der Waals surface area contributed by atoms with Gasteiger partial charge in [-0.1, -0.05) is 15.9 Å². The smallest absolute Gasteiger partial charge is 0.411 e. The van der Waals surface area contributed by atoms with Gasteiger partial charge in [0, 0.05) is 35.1 Å². The molecule has 2 rings (SSSR count). The Balaban J connectivity index is 1.99. The lowest BCUT2D eigenvalue weighted by atomic mass is 10.0. The summed E-state index contributed by atoms with van der Waals surface area (Å²) in [6, 6.07) is 9.73. The van der Waals surface area contributed by atoms with Crippen LogP contribution in [0.25, 0.3) is 0 Å². The van der Waals surface area contributed by atoms with Crippen molar-refractivity contribution in [2.24, 2.45) is 0 Å². The monoisotopic (exact) mass is 536 g/mol. The maximum absolute atomic E-state index is 12.3. The van der Waals surface area contributed by atoms with Crippen LogP contribution in [0, 0.1) is 13.8 Å². The van der Waals surface area contributed by atoms with Crippen LogP contribution in [0.4, 0.5) is 15.3 Å². The first-order chi connectivity index (χ1) is 15.4. The summed E-state index contributed by atoms with van der Waals surface area (Å²) in [6.45, 7) is 10.3. The van der Waals surface area contributed by atoms with Crippen LogP contribution in [0.2, 0.25) is 0 Å². The highest BCUT2D eigenvalue weighted by molar-refractivity contribution is 9.10. The molecule has 8 heteroatoms. The van der Waals surface area contributed by atoms with Gasteiger partial charge in [-0.15, -0.1) is 11.8 Å². The van der Waals surface area contributed by atoms with Crippen molar-refractivity contribution in [1.82, 2.24) is 4.90 Å². The standard InChI is InChI=1S/C25H33BrN2O4S/c1-16-12-19(26)13-17(2)21(16)10-11-31-23(29)27-20-8-9-22(33-7)18(14-20)15-28(6)24(30)32-25(3,4)5/h8-9,12-14H,10-11,15H2,1-7H3,(H,27,29). The molecule has 0 spiro atoms. The maximum Gasteiger partial charge on any atom is 0.411 e. The summed E-state index contributed by atoms with van der Waals surface area (Å²) < 4.78 is 11.9. The zero-order valence-corrected chi connectivity index (χ0v) is 22.8. The number of nitrogens with zero attached hydrogens (tertiary/aromatic N) is 1. The van der Waals surface area contributed by atoms with Crippen molar-refractivity contribution in [2.75, 3.05) is 25.2 Å². The molecule has 2 amide bonds. The Kier molecular flexibility index (Phi) is 9.67. The van der Waals surface area contributed by atoms with E-state index in [9.17, 15) is 9.59 Å². The molecule has 0 aromatic heterocycles. The van der Waals surface area contributed by atoms with Gasteiger partial charge in [-0.3, -0.25) is 5.32 Å². The second kappa shape index (κ2) is 11.8. The molecule has 2 aromatic carbocycles. The summed E-state index contributed by atoms with van der Waals surface area (Å²) in [5.74, 6) is 0. The van der Waals surface area contributed by atoms with Crippen molar-refractivity contribution in [3.8, 4) is 0 Å². The number of ether oxygens (including phenoxy) is 2. The van der Waals surface area contributed by atoms with Crippen LogP contribution >= 0.6 is 27.7 Å². The quantitative estimate of drug-likeness (QED) is 0.388. The number of thioether (sulfide) groups is 1. The number of amides is 2. The molecule has 0 aliphatic heterocycles. The van der Waals surface area contributed by atoms with Crippen LogP contribution in [0.15, 0.2) is 39.7 Å². The Labute approximate surface area is 209 Å². The van der Waals surface area contributed by atoms with Gasteiger partial charge in [0.2, 0.25) is 0 Å². The van der Waals surface area contributed by atoms with E-state index >= 15 is 0 Å². The molecule has 0 aliphatic rings. The minimum atomic E-state index is -0.561. The molecule has 0 fully saturated rings. The topological polar surface area (TPSA) is 67.9 Å². The number of anilines is 1. The number of carbonyl (C=O) groups excluding carboxylic acids is 2. The van der Waals surface area contributed by atoms with Gasteiger partial charge < -0.3 is 14.4 Å². The third-order valence-corrected chi connectivity index (χ3v) is 6.18. The van der Waals surface area contributed by atoms with Crippen LogP contribution in [-0.4, -0.2) is 42.6 Å². The molecule has 180 valence electrons. The molecule has 0 saturated carbocycles. The minimum absolute atomic E-state index is 0.284. The first-order valence-corrected chi connectivity index (χ1v) is 12.7. The Hall–Kier alpha value is -2.19. The zero-order chi connectivity index (χ0) is 24.8. The van der Waals surface area contributed by atoms with E-state index in [0.717, 1.165) is 26.1 Å². The number of hydrogen-bond acceptors (Lipinski definition) is 5. The van der Waals surface area contributed by atoms with Crippen LogP contribution in [0.1, 0.15) is 43.0 Å². The largest absolute Gasteiger partial charge is 0.449 e. The number of nitrogens with one attached hydrogen (secondary N) is 1. The lowest BCUT2D eigenvalue weighted by molar-refractivity contribution is 0.0284. The van der Waals surface area contributed by atoms with Gasteiger partial charge in [0.15, 0.2) is 0 Å². The van der Waals surface area contributed by atoms with Crippen molar-refractivity contribution < 1.29 is 19.1 Å². The molecule has 33 heavy (non-hydrogen) atoms. The summed E-state index contributed by atoms with van der Waals surface area (Å²) in [5.41, 5.74) is 4.47. The van der Waals surface area contributed by atoms with Gasteiger partial charge in [0.25, 0.3) is 0 Å². The Morgan fingerprint density at radius 2 is 1.76 bits per heavy atom. The number of benzene rings is 2. The SMILES string of the molecule is CSc1ccc(NC(=O)OCCc2c(C)cc(Br)cc2C)cc1CN(C)C(=O)OC(C)(C)C. The minimum Gasteiger partial charge on any atom is -0.449 e.